The first kappa shape index (κ1) is 18.6. The van der Waals surface area contributed by atoms with Gasteiger partial charge >= 0.3 is 0 Å². The molecule has 0 radical (unpaired) electrons. The van der Waals surface area contributed by atoms with E-state index in [1.54, 1.807) is 12.5 Å². The summed E-state index contributed by atoms with van der Waals surface area (Å²) < 4.78 is 12.4. The lowest BCUT2D eigenvalue weighted by molar-refractivity contribution is 0.564. The van der Waals surface area contributed by atoms with Gasteiger partial charge in [-0.15, -0.1) is 0 Å². The van der Waals surface area contributed by atoms with Crippen LogP contribution in [0.5, 0.6) is 0 Å². The topological polar surface area (TPSA) is 65.0 Å². The molecular weight excluding hydrogens is 473 g/mol. The van der Waals surface area contributed by atoms with E-state index in [-0.39, 0.29) is 11.8 Å². The molecule has 0 unspecified atom stereocenters. The van der Waals surface area contributed by atoms with Gasteiger partial charge in [0.2, 0.25) is 11.8 Å². The van der Waals surface area contributed by atoms with Crippen molar-refractivity contribution in [1.29, 1.82) is 0 Å². The minimum atomic E-state index is 0.252. The molecule has 0 aliphatic heterocycles. The number of rotatable bonds is 4. The SMILES string of the molecule is CC(C)c1coc(-c2nc(-c3nc(C(C)C)co3)c(Br)c(Cl)c2Br)n1. The highest BCUT2D eigenvalue weighted by molar-refractivity contribution is 9.11. The lowest BCUT2D eigenvalue weighted by Crippen LogP contribution is -1.95. The van der Waals surface area contributed by atoms with E-state index < -0.39 is 0 Å². The van der Waals surface area contributed by atoms with Crippen LogP contribution in [0.3, 0.4) is 0 Å². The van der Waals surface area contributed by atoms with Crippen LogP contribution >= 0.6 is 43.5 Å². The van der Waals surface area contributed by atoms with E-state index in [0.29, 0.717) is 37.1 Å². The van der Waals surface area contributed by atoms with Gasteiger partial charge in [0.1, 0.15) is 23.9 Å². The van der Waals surface area contributed by atoms with E-state index in [0.717, 1.165) is 11.4 Å². The fourth-order valence-corrected chi connectivity index (χ4v) is 3.48. The highest BCUT2D eigenvalue weighted by atomic mass is 79.9. The maximum Gasteiger partial charge on any atom is 0.246 e. The zero-order valence-electron chi connectivity index (χ0n) is 14.1. The Labute approximate surface area is 167 Å². The molecular formula is C17H16Br2ClN3O2. The Morgan fingerprint density at radius 1 is 0.800 bits per heavy atom. The summed E-state index contributed by atoms with van der Waals surface area (Å²) in [4.78, 5) is 13.6. The second-order valence-electron chi connectivity index (χ2n) is 6.22. The maximum absolute atomic E-state index is 6.45. The molecule has 0 saturated carbocycles. The van der Waals surface area contributed by atoms with Gasteiger partial charge in [-0.2, -0.15) is 0 Å². The molecule has 0 aromatic carbocycles. The zero-order valence-corrected chi connectivity index (χ0v) is 18.0. The van der Waals surface area contributed by atoms with Crippen molar-refractivity contribution in [2.24, 2.45) is 0 Å². The van der Waals surface area contributed by atoms with Crippen LogP contribution in [0.2, 0.25) is 5.02 Å². The average molecular weight is 490 g/mol. The van der Waals surface area contributed by atoms with Crippen molar-refractivity contribution in [3.05, 3.63) is 37.9 Å². The Balaban J connectivity index is 2.15. The van der Waals surface area contributed by atoms with E-state index in [2.05, 4.69) is 46.8 Å². The van der Waals surface area contributed by atoms with Gasteiger partial charge in [0, 0.05) is 0 Å². The molecule has 0 bridgehead atoms. The van der Waals surface area contributed by atoms with Crippen LogP contribution in [0, 0.1) is 0 Å². The summed E-state index contributed by atoms with van der Waals surface area (Å²) in [7, 11) is 0. The highest BCUT2D eigenvalue weighted by Crippen LogP contribution is 2.42. The van der Waals surface area contributed by atoms with Crippen LogP contribution in [0.15, 0.2) is 30.3 Å². The predicted molar refractivity (Wildman–Crippen MR) is 104 cm³/mol. The molecule has 0 amide bonds. The second-order valence-corrected chi connectivity index (χ2v) is 8.18. The second kappa shape index (κ2) is 7.21. The summed E-state index contributed by atoms with van der Waals surface area (Å²) >= 11 is 13.4. The van der Waals surface area contributed by atoms with Gasteiger partial charge in [0.15, 0.2) is 0 Å². The largest absolute Gasteiger partial charge is 0.443 e. The molecule has 0 spiro atoms. The summed E-state index contributed by atoms with van der Waals surface area (Å²) in [6.07, 6.45) is 3.26. The smallest absolute Gasteiger partial charge is 0.246 e. The summed E-state index contributed by atoms with van der Waals surface area (Å²) in [5.41, 5.74) is 2.70. The van der Waals surface area contributed by atoms with Gasteiger partial charge in [-0.1, -0.05) is 39.3 Å². The summed E-state index contributed by atoms with van der Waals surface area (Å²) in [5, 5.41) is 0.452. The number of nitrogens with zero attached hydrogens (tertiary/aromatic N) is 3. The van der Waals surface area contributed by atoms with E-state index >= 15 is 0 Å². The first-order valence-electron chi connectivity index (χ1n) is 7.75. The Bertz CT molecular complexity index is 848. The quantitative estimate of drug-likeness (QED) is 0.402. The Morgan fingerprint density at radius 3 is 1.52 bits per heavy atom. The van der Waals surface area contributed by atoms with Crippen molar-refractivity contribution in [1.82, 2.24) is 15.0 Å². The van der Waals surface area contributed by atoms with Crippen molar-refractivity contribution in [2.75, 3.05) is 0 Å². The summed E-state index contributed by atoms with van der Waals surface area (Å²) in [6.45, 7) is 8.18. The molecule has 8 heteroatoms. The highest BCUT2D eigenvalue weighted by Gasteiger charge is 2.24. The minimum absolute atomic E-state index is 0.252. The Kier molecular flexibility index (Phi) is 5.37. The van der Waals surface area contributed by atoms with Crippen LogP contribution in [-0.2, 0) is 0 Å². The third-order valence-electron chi connectivity index (χ3n) is 3.66. The van der Waals surface area contributed by atoms with Gasteiger partial charge in [-0.3, -0.25) is 0 Å². The zero-order chi connectivity index (χ0) is 18.3. The van der Waals surface area contributed by atoms with Crippen LogP contribution in [0.4, 0.5) is 0 Å². The Hall–Kier alpha value is -1.18. The molecule has 0 saturated heterocycles. The number of hydrogen-bond acceptors (Lipinski definition) is 5. The third-order valence-corrected chi connectivity index (χ3v) is 6.04. The molecule has 3 aromatic heterocycles. The average Bonchev–Trinajstić information content (AvgIpc) is 3.22. The monoisotopic (exact) mass is 487 g/mol. The van der Waals surface area contributed by atoms with Crippen LogP contribution < -0.4 is 0 Å². The minimum Gasteiger partial charge on any atom is -0.443 e. The van der Waals surface area contributed by atoms with Gasteiger partial charge in [-0.25, -0.2) is 15.0 Å². The molecule has 0 aliphatic rings. The van der Waals surface area contributed by atoms with Crippen LogP contribution in [-0.4, -0.2) is 15.0 Å². The molecule has 132 valence electrons. The lowest BCUT2D eigenvalue weighted by atomic mass is 10.2. The molecule has 0 N–H and O–H groups in total. The standard InChI is InChI=1S/C17H16Br2ClN3O2/c1-7(2)9-5-24-16(21-9)14-11(18)13(20)12(19)15(23-14)17-22-10(6-25-17)8(3)4/h5-8H,1-4H3. The maximum atomic E-state index is 6.45. The number of halogens is 3. The molecule has 0 fully saturated rings. The van der Waals surface area contributed by atoms with Gasteiger partial charge < -0.3 is 8.83 Å². The first-order valence-corrected chi connectivity index (χ1v) is 9.72. The molecule has 3 heterocycles. The Morgan fingerprint density at radius 2 is 1.20 bits per heavy atom. The van der Waals surface area contributed by atoms with Gasteiger partial charge in [0.25, 0.3) is 0 Å². The predicted octanol–water partition coefficient (Wildman–Crippen LogP) is 6.82. The van der Waals surface area contributed by atoms with E-state index in [9.17, 15) is 0 Å². The van der Waals surface area contributed by atoms with E-state index in [4.69, 9.17) is 20.4 Å². The van der Waals surface area contributed by atoms with E-state index in [1.807, 2.05) is 27.7 Å². The molecule has 5 nitrogen and oxygen atoms in total. The lowest BCUT2D eigenvalue weighted by Gasteiger charge is -2.08. The van der Waals surface area contributed by atoms with Crippen LogP contribution in [0.25, 0.3) is 23.2 Å². The number of oxazole rings is 2. The fourth-order valence-electron chi connectivity index (χ4n) is 2.12. The summed E-state index contributed by atoms with van der Waals surface area (Å²) in [5.74, 6) is 1.28. The summed E-state index contributed by atoms with van der Waals surface area (Å²) in [6, 6.07) is 0. The normalized spacial score (nSPS) is 11.7. The first-order chi connectivity index (χ1) is 11.8. The fraction of sp³-hybridized carbons (Fsp3) is 0.353. The molecule has 3 aromatic rings. The van der Waals surface area contributed by atoms with Crippen molar-refractivity contribution in [3.63, 3.8) is 0 Å². The van der Waals surface area contributed by atoms with Crippen molar-refractivity contribution >= 4 is 43.5 Å². The van der Waals surface area contributed by atoms with Gasteiger partial charge in [0.05, 0.1) is 25.4 Å². The van der Waals surface area contributed by atoms with Crippen LogP contribution in [0.1, 0.15) is 50.9 Å². The third kappa shape index (κ3) is 3.55. The molecule has 25 heavy (non-hydrogen) atoms. The van der Waals surface area contributed by atoms with Crippen molar-refractivity contribution < 1.29 is 8.83 Å². The number of aromatic nitrogens is 3. The van der Waals surface area contributed by atoms with Crippen molar-refractivity contribution in [3.8, 4) is 23.2 Å². The number of pyridine rings is 1. The van der Waals surface area contributed by atoms with Crippen molar-refractivity contribution in [2.45, 2.75) is 39.5 Å². The molecule has 3 rings (SSSR count). The number of hydrogen-bond donors (Lipinski definition) is 0. The molecule has 0 aliphatic carbocycles. The van der Waals surface area contributed by atoms with E-state index in [1.165, 1.54) is 0 Å². The van der Waals surface area contributed by atoms with Gasteiger partial charge in [-0.05, 0) is 43.7 Å². The molecule has 0 atom stereocenters.